The SMILES string of the molecule is CN(C)C(=O)N1CCN(S(=O)(=O)C2CC(c3ccc(F)cc3)=CCN2)[C@@H](C(=O)NO)C1. The zero-order valence-corrected chi connectivity index (χ0v) is 18.1. The molecule has 1 saturated heterocycles. The van der Waals surface area contributed by atoms with Crippen LogP contribution in [-0.4, -0.2) is 91.4 Å². The molecule has 10 nitrogen and oxygen atoms in total. The molecule has 1 fully saturated rings. The minimum Gasteiger partial charge on any atom is -0.331 e. The van der Waals surface area contributed by atoms with E-state index in [0.717, 1.165) is 9.88 Å². The summed E-state index contributed by atoms with van der Waals surface area (Å²) >= 11 is 0. The third-order valence-electron chi connectivity index (χ3n) is 5.40. The average molecular weight is 456 g/mol. The maximum Gasteiger partial charge on any atom is 0.319 e. The Morgan fingerprint density at radius 3 is 2.52 bits per heavy atom. The van der Waals surface area contributed by atoms with Gasteiger partial charge in [0, 0.05) is 46.7 Å². The first-order chi connectivity index (χ1) is 14.6. The van der Waals surface area contributed by atoms with E-state index in [1.807, 2.05) is 6.08 Å². The summed E-state index contributed by atoms with van der Waals surface area (Å²) < 4.78 is 41.1. The second kappa shape index (κ2) is 9.30. The van der Waals surface area contributed by atoms with E-state index in [2.05, 4.69) is 5.32 Å². The van der Waals surface area contributed by atoms with Gasteiger partial charge in [0.2, 0.25) is 10.0 Å². The number of rotatable bonds is 4. The molecule has 3 N–H and O–H groups in total. The second-order valence-corrected chi connectivity index (χ2v) is 9.68. The van der Waals surface area contributed by atoms with Gasteiger partial charge in [-0.2, -0.15) is 4.31 Å². The smallest absolute Gasteiger partial charge is 0.319 e. The number of nitrogens with one attached hydrogen (secondary N) is 2. The van der Waals surface area contributed by atoms with Crippen molar-refractivity contribution in [2.75, 3.05) is 40.3 Å². The van der Waals surface area contributed by atoms with Crippen molar-refractivity contribution < 1.29 is 27.6 Å². The van der Waals surface area contributed by atoms with Crippen LogP contribution in [0.3, 0.4) is 0 Å². The summed E-state index contributed by atoms with van der Waals surface area (Å²) in [5, 5.41) is 11.1. The van der Waals surface area contributed by atoms with Crippen molar-refractivity contribution in [2.24, 2.45) is 0 Å². The number of nitrogens with zero attached hydrogens (tertiary/aromatic N) is 3. The van der Waals surface area contributed by atoms with Crippen LogP contribution in [0.1, 0.15) is 12.0 Å². The van der Waals surface area contributed by atoms with E-state index < -0.39 is 27.3 Å². The van der Waals surface area contributed by atoms with Crippen molar-refractivity contribution in [3.8, 4) is 0 Å². The normalized spacial score (nSPS) is 22.6. The molecule has 3 rings (SSSR count). The molecule has 12 heteroatoms. The number of benzene rings is 1. The molecule has 170 valence electrons. The number of carbonyl (C=O) groups excluding carboxylic acids is 2. The lowest BCUT2D eigenvalue weighted by Gasteiger charge is -2.41. The number of hydrogen-bond acceptors (Lipinski definition) is 6. The summed E-state index contributed by atoms with van der Waals surface area (Å²) in [6, 6.07) is 4.17. The first-order valence-corrected chi connectivity index (χ1v) is 11.2. The molecule has 2 aliphatic heterocycles. The molecule has 2 heterocycles. The van der Waals surface area contributed by atoms with Crippen molar-refractivity contribution in [1.29, 1.82) is 0 Å². The largest absolute Gasteiger partial charge is 0.331 e. The molecule has 31 heavy (non-hydrogen) atoms. The maximum absolute atomic E-state index is 13.4. The van der Waals surface area contributed by atoms with Gasteiger partial charge in [-0.15, -0.1) is 0 Å². The third-order valence-corrected chi connectivity index (χ3v) is 7.54. The van der Waals surface area contributed by atoms with Gasteiger partial charge in [0.1, 0.15) is 17.2 Å². The van der Waals surface area contributed by atoms with Gasteiger partial charge in [0.05, 0.1) is 0 Å². The summed E-state index contributed by atoms with van der Waals surface area (Å²) in [5.74, 6) is -1.30. The summed E-state index contributed by atoms with van der Waals surface area (Å²) in [4.78, 5) is 27.3. The molecule has 0 saturated carbocycles. The fourth-order valence-corrected chi connectivity index (χ4v) is 5.64. The molecule has 0 aromatic heterocycles. The fourth-order valence-electron chi connectivity index (χ4n) is 3.76. The number of piperazine rings is 1. The zero-order chi connectivity index (χ0) is 22.8. The average Bonchev–Trinajstić information content (AvgIpc) is 2.78. The summed E-state index contributed by atoms with van der Waals surface area (Å²) in [6.45, 7) is 0.120. The van der Waals surface area contributed by atoms with E-state index in [-0.39, 0.29) is 44.4 Å². The van der Waals surface area contributed by atoms with E-state index in [1.54, 1.807) is 26.2 Å². The molecular formula is C19H26FN5O5S. The molecule has 1 aromatic rings. The van der Waals surface area contributed by atoms with Crippen molar-refractivity contribution in [3.05, 3.63) is 41.7 Å². The quantitative estimate of drug-likeness (QED) is 0.435. The number of amides is 3. The predicted octanol–water partition coefficient (Wildman–Crippen LogP) is 0.0315. The van der Waals surface area contributed by atoms with Gasteiger partial charge in [-0.3, -0.25) is 15.3 Å². The summed E-state index contributed by atoms with van der Waals surface area (Å²) in [6.07, 6.45) is 1.96. The van der Waals surface area contributed by atoms with Crippen LogP contribution in [0.4, 0.5) is 9.18 Å². The topological polar surface area (TPSA) is 122 Å². The molecule has 1 unspecified atom stereocenters. The lowest BCUT2D eigenvalue weighted by Crippen LogP contribution is -2.64. The molecule has 0 bridgehead atoms. The number of sulfonamides is 1. The van der Waals surface area contributed by atoms with Gasteiger partial charge in [-0.25, -0.2) is 23.1 Å². The Labute approximate surface area is 180 Å². The lowest BCUT2D eigenvalue weighted by molar-refractivity contribution is -0.134. The van der Waals surface area contributed by atoms with Crippen LogP contribution in [0.25, 0.3) is 5.57 Å². The Bertz CT molecular complexity index is 966. The van der Waals surface area contributed by atoms with Crippen LogP contribution in [-0.2, 0) is 14.8 Å². The van der Waals surface area contributed by atoms with Crippen LogP contribution in [0, 0.1) is 5.82 Å². The second-order valence-electron chi connectivity index (χ2n) is 7.61. The Hall–Kier alpha value is -2.54. The van der Waals surface area contributed by atoms with E-state index >= 15 is 0 Å². The summed E-state index contributed by atoms with van der Waals surface area (Å²) in [7, 11) is -0.909. The molecule has 0 spiro atoms. The van der Waals surface area contributed by atoms with Gasteiger partial charge < -0.3 is 9.80 Å². The van der Waals surface area contributed by atoms with Crippen LogP contribution >= 0.6 is 0 Å². The standard InChI is InChI=1S/C19H26FN5O5S/c1-23(2)19(27)24-9-10-25(16(12-24)18(26)22-28)31(29,30)17-11-14(7-8-21-17)13-3-5-15(20)6-4-13/h3-7,16-17,21,28H,8-12H2,1-2H3,(H,22,26)/t16-,17?/m1/s1. The van der Waals surface area contributed by atoms with Crippen LogP contribution < -0.4 is 10.8 Å². The van der Waals surface area contributed by atoms with Crippen LogP contribution in [0.2, 0.25) is 0 Å². The van der Waals surface area contributed by atoms with E-state index in [4.69, 9.17) is 5.21 Å². The lowest BCUT2D eigenvalue weighted by atomic mass is 10.0. The Morgan fingerprint density at radius 1 is 1.23 bits per heavy atom. The third kappa shape index (κ3) is 4.87. The molecule has 0 radical (unpaired) electrons. The minimum absolute atomic E-state index is 0.0895. The monoisotopic (exact) mass is 455 g/mol. The fraction of sp³-hybridized carbons (Fsp3) is 0.474. The van der Waals surface area contributed by atoms with Crippen LogP contribution in [0.15, 0.2) is 30.3 Å². The Balaban J connectivity index is 1.82. The zero-order valence-electron chi connectivity index (χ0n) is 17.3. The highest BCUT2D eigenvalue weighted by Gasteiger charge is 2.44. The number of hydroxylamine groups is 1. The van der Waals surface area contributed by atoms with Crippen molar-refractivity contribution in [3.63, 3.8) is 0 Å². The van der Waals surface area contributed by atoms with E-state index in [9.17, 15) is 22.4 Å². The molecule has 2 atom stereocenters. The predicted molar refractivity (Wildman–Crippen MR) is 111 cm³/mol. The minimum atomic E-state index is -4.02. The Kier molecular flexibility index (Phi) is 6.94. The Morgan fingerprint density at radius 2 is 1.90 bits per heavy atom. The first-order valence-electron chi connectivity index (χ1n) is 9.74. The molecule has 2 aliphatic rings. The number of halogens is 1. The molecular weight excluding hydrogens is 429 g/mol. The van der Waals surface area contributed by atoms with Gasteiger partial charge >= 0.3 is 6.03 Å². The van der Waals surface area contributed by atoms with Gasteiger partial charge in [0.15, 0.2) is 0 Å². The van der Waals surface area contributed by atoms with Gasteiger partial charge in [-0.05, 0) is 23.3 Å². The van der Waals surface area contributed by atoms with Crippen molar-refractivity contribution in [2.45, 2.75) is 17.8 Å². The highest BCUT2D eigenvalue weighted by atomic mass is 32.2. The van der Waals surface area contributed by atoms with Crippen LogP contribution in [0.5, 0.6) is 0 Å². The highest BCUT2D eigenvalue weighted by Crippen LogP contribution is 2.28. The molecule has 1 aromatic carbocycles. The highest BCUT2D eigenvalue weighted by molar-refractivity contribution is 7.89. The van der Waals surface area contributed by atoms with Crippen molar-refractivity contribution >= 4 is 27.5 Å². The van der Waals surface area contributed by atoms with Crippen molar-refractivity contribution in [1.82, 2.24) is 24.9 Å². The number of urea groups is 1. The molecule has 3 amide bonds. The summed E-state index contributed by atoms with van der Waals surface area (Å²) in [5.41, 5.74) is 2.97. The number of carbonyl (C=O) groups is 2. The molecule has 0 aliphatic carbocycles. The van der Waals surface area contributed by atoms with E-state index in [0.29, 0.717) is 5.56 Å². The number of hydrogen-bond donors (Lipinski definition) is 3. The maximum atomic E-state index is 13.4. The van der Waals surface area contributed by atoms with E-state index in [1.165, 1.54) is 27.4 Å². The van der Waals surface area contributed by atoms with Gasteiger partial charge in [-0.1, -0.05) is 18.2 Å². The van der Waals surface area contributed by atoms with Gasteiger partial charge in [0.25, 0.3) is 5.91 Å². The first kappa shape index (κ1) is 23.1.